The summed E-state index contributed by atoms with van der Waals surface area (Å²) in [5.74, 6) is 1.54. The molecule has 6 heteroatoms. The number of nitrogens with zero attached hydrogens (tertiary/aromatic N) is 2. The highest BCUT2D eigenvalue weighted by molar-refractivity contribution is 14.0. The fourth-order valence-corrected chi connectivity index (χ4v) is 2.35. The summed E-state index contributed by atoms with van der Waals surface area (Å²) in [6.45, 7) is 9.89. The summed E-state index contributed by atoms with van der Waals surface area (Å²) in [5, 5.41) is 3.26. The van der Waals surface area contributed by atoms with Crippen LogP contribution in [0.4, 0.5) is 0 Å². The minimum absolute atomic E-state index is 0. The molecule has 0 heterocycles. The van der Waals surface area contributed by atoms with Crippen LogP contribution in [0.15, 0.2) is 4.99 Å². The number of unbranched alkanes of at least 4 members (excludes halogenated alkanes) is 1. The lowest BCUT2D eigenvalue weighted by atomic mass is 10.3. The maximum atomic E-state index is 11.9. The topological polar surface area (TPSA) is 44.7 Å². The molecule has 0 aliphatic carbocycles. The van der Waals surface area contributed by atoms with Crippen LogP contribution in [0.1, 0.15) is 40.5 Å². The van der Waals surface area contributed by atoms with Gasteiger partial charge in [0.1, 0.15) is 0 Å². The molecule has 0 aromatic rings. The SMILES string of the molecule is CCCCN(C)C(=NC)NCCS(=O)C(C)(C)C.I. The molecule has 4 nitrogen and oxygen atoms in total. The maximum absolute atomic E-state index is 11.9. The smallest absolute Gasteiger partial charge is 0.193 e. The summed E-state index contributed by atoms with van der Waals surface area (Å²) in [4.78, 5) is 6.35. The summed E-state index contributed by atoms with van der Waals surface area (Å²) < 4.78 is 11.8. The highest BCUT2D eigenvalue weighted by atomic mass is 127. The highest BCUT2D eigenvalue weighted by Gasteiger charge is 2.18. The molecule has 0 spiro atoms. The number of rotatable bonds is 6. The lowest BCUT2D eigenvalue weighted by Gasteiger charge is -2.23. The van der Waals surface area contributed by atoms with Crippen molar-refractivity contribution < 1.29 is 4.21 Å². The molecule has 0 aliphatic heterocycles. The zero-order valence-electron chi connectivity index (χ0n) is 13.2. The molecule has 0 bridgehead atoms. The first-order valence-electron chi connectivity index (χ1n) is 6.63. The molecule has 0 rings (SSSR count). The third kappa shape index (κ3) is 9.65. The van der Waals surface area contributed by atoms with Gasteiger partial charge in [0.05, 0.1) is 0 Å². The van der Waals surface area contributed by atoms with Crippen molar-refractivity contribution in [3.05, 3.63) is 0 Å². The minimum atomic E-state index is -0.810. The Balaban J connectivity index is 0. The molecule has 19 heavy (non-hydrogen) atoms. The van der Waals surface area contributed by atoms with E-state index in [9.17, 15) is 4.21 Å². The van der Waals surface area contributed by atoms with Gasteiger partial charge in [0.25, 0.3) is 0 Å². The molecule has 0 amide bonds. The Kier molecular flexibility index (Phi) is 12.3. The van der Waals surface area contributed by atoms with Crippen molar-refractivity contribution in [2.75, 3.05) is 32.9 Å². The number of nitrogens with one attached hydrogen (secondary N) is 1. The lowest BCUT2D eigenvalue weighted by Crippen LogP contribution is -2.41. The Morgan fingerprint density at radius 1 is 1.37 bits per heavy atom. The van der Waals surface area contributed by atoms with E-state index in [0.717, 1.165) is 18.9 Å². The molecular formula is C13H30IN3OS. The molecule has 0 aromatic carbocycles. The van der Waals surface area contributed by atoms with Gasteiger partial charge in [0, 0.05) is 48.5 Å². The van der Waals surface area contributed by atoms with Crippen LogP contribution in [0.2, 0.25) is 0 Å². The molecule has 0 fully saturated rings. The van der Waals surface area contributed by atoms with Gasteiger partial charge in [0.2, 0.25) is 0 Å². The van der Waals surface area contributed by atoms with Crippen LogP contribution in [0, 0.1) is 0 Å². The van der Waals surface area contributed by atoms with Crippen molar-refractivity contribution in [1.82, 2.24) is 10.2 Å². The molecule has 0 saturated carbocycles. The molecule has 0 aromatic heterocycles. The number of halogens is 1. The quantitative estimate of drug-likeness (QED) is 0.421. The Bertz CT molecular complexity index is 290. The molecular weight excluding hydrogens is 373 g/mol. The van der Waals surface area contributed by atoms with Crippen LogP contribution < -0.4 is 5.32 Å². The largest absolute Gasteiger partial charge is 0.355 e. The average molecular weight is 403 g/mol. The zero-order chi connectivity index (χ0) is 14.2. The second-order valence-corrected chi connectivity index (χ2v) is 7.74. The van der Waals surface area contributed by atoms with E-state index in [1.807, 2.05) is 27.8 Å². The van der Waals surface area contributed by atoms with Crippen molar-refractivity contribution in [3.8, 4) is 0 Å². The number of hydrogen-bond donors (Lipinski definition) is 1. The molecule has 0 radical (unpaired) electrons. The number of guanidine groups is 1. The van der Waals surface area contributed by atoms with Crippen molar-refractivity contribution in [1.29, 1.82) is 0 Å². The first kappa shape index (κ1) is 21.4. The molecule has 1 N–H and O–H groups in total. The molecule has 0 aliphatic rings. The molecule has 1 unspecified atom stereocenters. The lowest BCUT2D eigenvalue weighted by molar-refractivity contribution is 0.466. The van der Waals surface area contributed by atoms with E-state index in [2.05, 4.69) is 22.1 Å². The van der Waals surface area contributed by atoms with E-state index in [4.69, 9.17) is 0 Å². The average Bonchev–Trinajstić information content (AvgIpc) is 2.30. The molecule has 0 saturated heterocycles. The Hall–Kier alpha value is 0.150. The Labute approximate surface area is 138 Å². The minimum Gasteiger partial charge on any atom is -0.355 e. The van der Waals surface area contributed by atoms with Crippen LogP contribution in [0.25, 0.3) is 0 Å². The van der Waals surface area contributed by atoms with Gasteiger partial charge in [-0.15, -0.1) is 24.0 Å². The third-order valence-corrected chi connectivity index (χ3v) is 4.61. The predicted octanol–water partition coefficient (Wildman–Crippen LogP) is 2.46. The molecule has 116 valence electrons. The maximum Gasteiger partial charge on any atom is 0.193 e. The van der Waals surface area contributed by atoms with Crippen molar-refractivity contribution >= 4 is 40.7 Å². The van der Waals surface area contributed by atoms with E-state index in [0.29, 0.717) is 12.3 Å². The van der Waals surface area contributed by atoms with E-state index in [1.165, 1.54) is 6.42 Å². The highest BCUT2D eigenvalue weighted by Crippen LogP contribution is 2.10. The first-order valence-corrected chi connectivity index (χ1v) is 7.95. The van der Waals surface area contributed by atoms with Gasteiger partial charge in [0.15, 0.2) is 5.96 Å². The van der Waals surface area contributed by atoms with E-state index in [1.54, 1.807) is 7.05 Å². The fourth-order valence-electron chi connectivity index (χ4n) is 1.45. The summed E-state index contributed by atoms with van der Waals surface area (Å²) >= 11 is 0. The van der Waals surface area contributed by atoms with Crippen molar-refractivity contribution in [2.24, 2.45) is 4.99 Å². The van der Waals surface area contributed by atoms with Crippen molar-refractivity contribution in [2.45, 2.75) is 45.3 Å². The van der Waals surface area contributed by atoms with Gasteiger partial charge in [-0.1, -0.05) is 13.3 Å². The second kappa shape index (κ2) is 10.9. The van der Waals surface area contributed by atoms with Crippen molar-refractivity contribution in [3.63, 3.8) is 0 Å². The number of aliphatic imine (C=N–C) groups is 1. The Morgan fingerprint density at radius 3 is 2.37 bits per heavy atom. The van der Waals surface area contributed by atoms with Crippen LogP contribution in [-0.4, -0.2) is 52.8 Å². The second-order valence-electron chi connectivity index (χ2n) is 5.41. The van der Waals surface area contributed by atoms with Gasteiger partial charge < -0.3 is 10.2 Å². The first-order chi connectivity index (χ1) is 8.32. The zero-order valence-corrected chi connectivity index (χ0v) is 16.3. The van der Waals surface area contributed by atoms with Crippen LogP contribution in [0.5, 0.6) is 0 Å². The third-order valence-electron chi connectivity index (χ3n) is 2.67. The normalized spacial score (nSPS) is 13.7. The monoisotopic (exact) mass is 403 g/mol. The van der Waals surface area contributed by atoms with E-state index >= 15 is 0 Å². The van der Waals surface area contributed by atoms with Gasteiger partial charge >= 0.3 is 0 Å². The van der Waals surface area contributed by atoms with Crippen LogP contribution in [0.3, 0.4) is 0 Å². The van der Waals surface area contributed by atoms with E-state index < -0.39 is 10.8 Å². The number of hydrogen-bond acceptors (Lipinski definition) is 2. The summed E-state index contributed by atoms with van der Waals surface area (Å²) in [6.07, 6.45) is 2.33. The standard InChI is InChI=1S/C13H29N3OS.HI/c1-7-8-10-16(6)12(14-5)15-9-11-18(17)13(2,3)4;/h7-11H2,1-6H3,(H,14,15);1H. The fraction of sp³-hybridized carbons (Fsp3) is 0.923. The predicted molar refractivity (Wildman–Crippen MR) is 97.1 cm³/mol. The van der Waals surface area contributed by atoms with E-state index in [-0.39, 0.29) is 28.7 Å². The summed E-state index contributed by atoms with van der Waals surface area (Å²) in [6, 6.07) is 0. The summed E-state index contributed by atoms with van der Waals surface area (Å²) in [5.41, 5.74) is 0. The van der Waals surface area contributed by atoms with Gasteiger partial charge in [-0.05, 0) is 27.2 Å². The van der Waals surface area contributed by atoms with Gasteiger partial charge in [-0.3, -0.25) is 9.20 Å². The van der Waals surface area contributed by atoms with Crippen LogP contribution >= 0.6 is 24.0 Å². The van der Waals surface area contributed by atoms with Gasteiger partial charge in [-0.2, -0.15) is 0 Å². The molecule has 1 atom stereocenters. The summed E-state index contributed by atoms with van der Waals surface area (Å²) in [7, 11) is 3.01. The van der Waals surface area contributed by atoms with Crippen LogP contribution in [-0.2, 0) is 10.8 Å². The Morgan fingerprint density at radius 2 is 1.95 bits per heavy atom. The van der Waals surface area contributed by atoms with Gasteiger partial charge in [-0.25, -0.2) is 0 Å².